The third-order valence-corrected chi connectivity index (χ3v) is 4.22. The predicted molar refractivity (Wildman–Crippen MR) is 89.2 cm³/mol. The summed E-state index contributed by atoms with van der Waals surface area (Å²) in [5.41, 5.74) is 5.83. The van der Waals surface area contributed by atoms with Crippen molar-refractivity contribution in [3.8, 4) is 11.3 Å². The first-order valence-corrected chi connectivity index (χ1v) is 7.60. The molecule has 0 atom stereocenters. The van der Waals surface area contributed by atoms with E-state index in [1.54, 1.807) is 0 Å². The number of nitrogens with one attached hydrogen (secondary N) is 2. The lowest BCUT2D eigenvalue weighted by Crippen LogP contribution is -2.20. The Kier molecular flexibility index (Phi) is 3.28. The molecule has 1 aromatic heterocycles. The van der Waals surface area contributed by atoms with E-state index in [-0.39, 0.29) is 5.82 Å². The predicted octanol–water partition coefficient (Wildman–Crippen LogP) is 4.35. The molecule has 0 bridgehead atoms. The molecule has 0 saturated carbocycles. The standard InChI is InChI=1S/C19H17FN2/c20-15-7-5-14(6-8-15)19-18(13-9-11-21-12-10-13)16-3-1-2-4-17(16)22-19/h1-9,21-22H,10-12H2. The molecule has 110 valence electrons. The smallest absolute Gasteiger partial charge is 0.123 e. The number of aromatic amines is 1. The monoisotopic (exact) mass is 292 g/mol. The highest BCUT2D eigenvalue weighted by atomic mass is 19.1. The van der Waals surface area contributed by atoms with Crippen molar-refractivity contribution in [2.24, 2.45) is 0 Å². The van der Waals surface area contributed by atoms with Crippen molar-refractivity contribution in [1.82, 2.24) is 10.3 Å². The van der Waals surface area contributed by atoms with Crippen LogP contribution in [0.15, 0.2) is 54.6 Å². The van der Waals surface area contributed by atoms with Gasteiger partial charge in [-0.2, -0.15) is 0 Å². The van der Waals surface area contributed by atoms with Crippen LogP contribution in [0.25, 0.3) is 27.7 Å². The Labute approximate surface area is 128 Å². The van der Waals surface area contributed by atoms with Gasteiger partial charge in [-0.3, -0.25) is 0 Å². The minimum absolute atomic E-state index is 0.206. The second kappa shape index (κ2) is 5.43. The van der Waals surface area contributed by atoms with E-state index in [2.05, 4.69) is 34.6 Å². The Bertz CT molecular complexity index is 844. The van der Waals surface area contributed by atoms with Crippen LogP contribution in [0.2, 0.25) is 0 Å². The lowest BCUT2D eigenvalue weighted by atomic mass is 9.94. The molecule has 2 N–H and O–H groups in total. The number of hydrogen-bond acceptors (Lipinski definition) is 1. The molecule has 0 unspecified atom stereocenters. The van der Waals surface area contributed by atoms with Crippen LogP contribution in [0.5, 0.6) is 0 Å². The van der Waals surface area contributed by atoms with E-state index in [9.17, 15) is 4.39 Å². The van der Waals surface area contributed by atoms with E-state index < -0.39 is 0 Å². The Hall–Kier alpha value is -2.39. The topological polar surface area (TPSA) is 27.8 Å². The fraction of sp³-hybridized carbons (Fsp3) is 0.158. The molecule has 1 aliphatic heterocycles. The average Bonchev–Trinajstić information content (AvgIpc) is 2.96. The van der Waals surface area contributed by atoms with Gasteiger partial charge in [0.1, 0.15) is 5.82 Å². The minimum atomic E-state index is -0.206. The van der Waals surface area contributed by atoms with Crippen LogP contribution >= 0.6 is 0 Å². The van der Waals surface area contributed by atoms with Crippen LogP contribution in [0.1, 0.15) is 12.0 Å². The molecule has 0 saturated heterocycles. The molecule has 2 nitrogen and oxygen atoms in total. The molecular weight excluding hydrogens is 275 g/mol. The fourth-order valence-corrected chi connectivity index (χ4v) is 3.16. The molecule has 3 heteroatoms. The highest BCUT2D eigenvalue weighted by Gasteiger charge is 2.17. The summed E-state index contributed by atoms with van der Waals surface area (Å²) in [6.07, 6.45) is 3.27. The third-order valence-electron chi connectivity index (χ3n) is 4.22. The van der Waals surface area contributed by atoms with Crippen molar-refractivity contribution in [3.05, 3.63) is 66.0 Å². The number of para-hydroxylation sites is 1. The molecule has 4 rings (SSSR count). The van der Waals surface area contributed by atoms with Crippen LogP contribution in [0, 0.1) is 5.82 Å². The summed E-state index contributed by atoms with van der Waals surface area (Å²) in [4.78, 5) is 3.51. The highest BCUT2D eigenvalue weighted by Crippen LogP contribution is 2.36. The summed E-state index contributed by atoms with van der Waals surface area (Å²) in [6.45, 7) is 1.89. The SMILES string of the molecule is Fc1ccc(-c2[nH]c3ccccc3c2C2=CCNCC2)cc1. The second-order valence-electron chi connectivity index (χ2n) is 5.61. The number of fused-ring (bicyclic) bond motifs is 1. The van der Waals surface area contributed by atoms with E-state index in [0.717, 1.165) is 36.3 Å². The summed E-state index contributed by atoms with van der Waals surface area (Å²) in [5, 5.41) is 4.59. The molecule has 0 fully saturated rings. The Balaban J connectivity index is 1.97. The molecule has 0 aliphatic carbocycles. The normalized spacial score (nSPS) is 15.0. The van der Waals surface area contributed by atoms with Crippen molar-refractivity contribution < 1.29 is 4.39 Å². The zero-order chi connectivity index (χ0) is 14.9. The van der Waals surface area contributed by atoms with Crippen LogP contribution < -0.4 is 5.32 Å². The van der Waals surface area contributed by atoms with Gasteiger partial charge in [-0.1, -0.05) is 24.3 Å². The molecule has 0 radical (unpaired) electrons. The van der Waals surface area contributed by atoms with Crippen LogP contribution in [0.4, 0.5) is 4.39 Å². The quantitative estimate of drug-likeness (QED) is 0.722. The van der Waals surface area contributed by atoms with E-state index in [1.807, 2.05) is 18.2 Å². The van der Waals surface area contributed by atoms with Gasteiger partial charge >= 0.3 is 0 Å². The van der Waals surface area contributed by atoms with Crippen LogP contribution in [0.3, 0.4) is 0 Å². The lowest BCUT2D eigenvalue weighted by Gasteiger charge is -2.15. The zero-order valence-electron chi connectivity index (χ0n) is 12.2. The van der Waals surface area contributed by atoms with Crippen molar-refractivity contribution in [2.45, 2.75) is 6.42 Å². The largest absolute Gasteiger partial charge is 0.354 e. The van der Waals surface area contributed by atoms with Gasteiger partial charge < -0.3 is 10.3 Å². The van der Waals surface area contributed by atoms with E-state index >= 15 is 0 Å². The van der Waals surface area contributed by atoms with Gasteiger partial charge in [-0.15, -0.1) is 0 Å². The van der Waals surface area contributed by atoms with Gasteiger partial charge in [0.15, 0.2) is 0 Å². The Morgan fingerprint density at radius 2 is 1.77 bits per heavy atom. The minimum Gasteiger partial charge on any atom is -0.354 e. The first-order valence-electron chi connectivity index (χ1n) is 7.60. The van der Waals surface area contributed by atoms with Gasteiger partial charge in [-0.25, -0.2) is 4.39 Å². The maximum atomic E-state index is 13.2. The maximum Gasteiger partial charge on any atom is 0.123 e. The summed E-state index contributed by atoms with van der Waals surface area (Å²) < 4.78 is 13.2. The average molecular weight is 292 g/mol. The zero-order valence-corrected chi connectivity index (χ0v) is 12.2. The van der Waals surface area contributed by atoms with E-state index in [4.69, 9.17) is 0 Å². The van der Waals surface area contributed by atoms with Crippen LogP contribution in [-0.2, 0) is 0 Å². The molecule has 0 spiro atoms. The molecule has 0 amide bonds. The van der Waals surface area contributed by atoms with E-state index in [1.165, 1.54) is 28.7 Å². The summed E-state index contributed by atoms with van der Waals surface area (Å²) in [5.74, 6) is -0.206. The number of aromatic nitrogens is 1. The Morgan fingerprint density at radius 1 is 0.955 bits per heavy atom. The van der Waals surface area contributed by atoms with E-state index in [0.29, 0.717) is 0 Å². The molecule has 2 aromatic carbocycles. The number of rotatable bonds is 2. The maximum absolute atomic E-state index is 13.2. The van der Waals surface area contributed by atoms with Crippen LogP contribution in [-0.4, -0.2) is 18.1 Å². The van der Waals surface area contributed by atoms with Crippen molar-refractivity contribution in [2.75, 3.05) is 13.1 Å². The van der Waals surface area contributed by atoms with Gasteiger partial charge in [0, 0.05) is 23.0 Å². The first-order chi connectivity index (χ1) is 10.8. The second-order valence-corrected chi connectivity index (χ2v) is 5.61. The molecule has 22 heavy (non-hydrogen) atoms. The van der Waals surface area contributed by atoms with Gasteiger partial charge in [-0.05, 0) is 54.4 Å². The first kappa shape index (κ1) is 13.3. The molecule has 1 aliphatic rings. The van der Waals surface area contributed by atoms with Gasteiger partial charge in [0.25, 0.3) is 0 Å². The number of hydrogen-bond donors (Lipinski definition) is 2. The summed E-state index contributed by atoms with van der Waals surface area (Å²) >= 11 is 0. The van der Waals surface area contributed by atoms with Crippen molar-refractivity contribution >= 4 is 16.5 Å². The number of H-pyrrole nitrogens is 1. The number of benzene rings is 2. The molecule has 3 aromatic rings. The van der Waals surface area contributed by atoms with Crippen molar-refractivity contribution in [3.63, 3.8) is 0 Å². The van der Waals surface area contributed by atoms with Gasteiger partial charge in [0.2, 0.25) is 0 Å². The third kappa shape index (κ3) is 2.24. The lowest BCUT2D eigenvalue weighted by molar-refractivity contribution is 0.628. The molecule has 2 heterocycles. The van der Waals surface area contributed by atoms with Crippen molar-refractivity contribution in [1.29, 1.82) is 0 Å². The van der Waals surface area contributed by atoms with Gasteiger partial charge in [0.05, 0.1) is 5.69 Å². The fourth-order valence-electron chi connectivity index (χ4n) is 3.16. The summed E-state index contributed by atoms with van der Waals surface area (Å²) in [6, 6.07) is 15.0. The Morgan fingerprint density at radius 3 is 2.55 bits per heavy atom. The number of halogens is 1. The molecular formula is C19H17FN2. The summed E-state index contributed by atoms with van der Waals surface area (Å²) in [7, 11) is 0. The highest BCUT2D eigenvalue weighted by molar-refractivity contribution is 6.00.